The zero-order valence-corrected chi connectivity index (χ0v) is 12.6. The first-order valence-corrected chi connectivity index (χ1v) is 8.22. The van der Waals surface area contributed by atoms with E-state index in [9.17, 15) is 9.59 Å². The molecular weight excluding hydrogens is 268 g/mol. The molecular formula is C15H26N4O2. The van der Waals surface area contributed by atoms with Crippen LogP contribution < -0.4 is 11.1 Å². The SMILES string of the molecule is NC1(C(=O)N2CCN(C(=O)NC3CCCCC3)CC2)CC1. The van der Waals surface area contributed by atoms with Crippen LogP contribution in [0, 0.1) is 0 Å². The third kappa shape index (κ3) is 3.31. The largest absolute Gasteiger partial charge is 0.338 e. The number of amides is 3. The lowest BCUT2D eigenvalue weighted by Gasteiger charge is -2.37. The zero-order chi connectivity index (χ0) is 14.9. The van der Waals surface area contributed by atoms with E-state index in [2.05, 4.69) is 5.32 Å². The lowest BCUT2D eigenvalue weighted by molar-refractivity contribution is -0.135. The molecule has 0 aromatic heterocycles. The summed E-state index contributed by atoms with van der Waals surface area (Å²) in [6, 6.07) is 0.368. The van der Waals surface area contributed by atoms with E-state index in [-0.39, 0.29) is 11.9 Å². The number of nitrogens with zero attached hydrogens (tertiary/aromatic N) is 2. The molecule has 1 heterocycles. The van der Waals surface area contributed by atoms with Gasteiger partial charge < -0.3 is 20.9 Å². The van der Waals surface area contributed by atoms with Crippen LogP contribution in [0.2, 0.25) is 0 Å². The predicted octanol–water partition coefficient (Wildman–Crippen LogP) is 0.664. The topological polar surface area (TPSA) is 78.7 Å². The van der Waals surface area contributed by atoms with Crippen molar-refractivity contribution in [2.45, 2.75) is 56.5 Å². The second-order valence-electron chi connectivity index (χ2n) is 6.72. The molecule has 21 heavy (non-hydrogen) atoms. The first kappa shape index (κ1) is 14.6. The number of hydrogen-bond donors (Lipinski definition) is 2. The molecule has 0 atom stereocenters. The Morgan fingerprint density at radius 3 is 2.10 bits per heavy atom. The number of nitrogens with two attached hydrogens (primary N) is 1. The molecule has 3 rings (SSSR count). The molecule has 118 valence electrons. The summed E-state index contributed by atoms with van der Waals surface area (Å²) in [5.41, 5.74) is 5.36. The number of rotatable bonds is 2. The number of carbonyl (C=O) groups excluding carboxylic acids is 2. The molecule has 0 aromatic rings. The summed E-state index contributed by atoms with van der Waals surface area (Å²) in [5.74, 6) is 0.0647. The normalized spacial score (nSPS) is 25.6. The highest BCUT2D eigenvalue weighted by Gasteiger charge is 2.48. The van der Waals surface area contributed by atoms with E-state index in [0.717, 1.165) is 25.7 Å². The number of piperazine rings is 1. The second-order valence-corrected chi connectivity index (χ2v) is 6.72. The molecule has 0 spiro atoms. The molecule has 2 saturated carbocycles. The van der Waals surface area contributed by atoms with Crippen LogP contribution in [0.4, 0.5) is 4.79 Å². The van der Waals surface area contributed by atoms with Gasteiger partial charge in [-0.3, -0.25) is 4.79 Å². The average Bonchev–Trinajstić information content (AvgIpc) is 3.27. The Balaban J connectivity index is 1.44. The van der Waals surface area contributed by atoms with E-state index in [4.69, 9.17) is 5.73 Å². The third-order valence-corrected chi connectivity index (χ3v) is 5.00. The highest BCUT2D eigenvalue weighted by Crippen LogP contribution is 2.34. The minimum absolute atomic E-state index is 0.0304. The molecule has 3 N–H and O–H groups in total. The maximum atomic E-state index is 12.2. The monoisotopic (exact) mass is 294 g/mol. The van der Waals surface area contributed by atoms with Crippen LogP contribution in [0.15, 0.2) is 0 Å². The molecule has 3 aliphatic rings. The van der Waals surface area contributed by atoms with Crippen molar-refractivity contribution < 1.29 is 9.59 Å². The van der Waals surface area contributed by atoms with Gasteiger partial charge in [0, 0.05) is 32.2 Å². The summed E-state index contributed by atoms with van der Waals surface area (Å²) in [7, 11) is 0. The van der Waals surface area contributed by atoms with Crippen molar-refractivity contribution in [2.24, 2.45) is 5.73 Å². The van der Waals surface area contributed by atoms with E-state index in [1.807, 2.05) is 9.80 Å². The number of hydrogen-bond acceptors (Lipinski definition) is 3. The van der Waals surface area contributed by atoms with Crippen LogP contribution in [0.5, 0.6) is 0 Å². The molecule has 3 amide bonds. The minimum atomic E-state index is -0.591. The summed E-state index contributed by atoms with van der Waals surface area (Å²) in [6.45, 7) is 2.44. The molecule has 0 aromatic carbocycles. The lowest BCUT2D eigenvalue weighted by atomic mass is 9.96. The van der Waals surface area contributed by atoms with Gasteiger partial charge in [0.2, 0.25) is 5.91 Å². The Kier molecular flexibility index (Phi) is 4.06. The standard InChI is InChI=1S/C15H26N4O2/c16-15(6-7-15)13(20)18-8-10-19(11-9-18)14(21)17-12-4-2-1-3-5-12/h12H,1-11,16H2,(H,17,21). The molecule has 6 nitrogen and oxygen atoms in total. The summed E-state index contributed by atoms with van der Waals surface area (Å²) in [5, 5.41) is 3.13. The van der Waals surface area contributed by atoms with Gasteiger partial charge in [0.25, 0.3) is 0 Å². The zero-order valence-electron chi connectivity index (χ0n) is 12.6. The van der Waals surface area contributed by atoms with Gasteiger partial charge in [-0.15, -0.1) is 0 Å². The van der Waals surface area contributed by atoms with Crippen molar-refractivity contribution in [2.75, 3.05) is 26.2 Å². The predicted molar refractivity (Wildman–Crippen MR) is 79.7 cm³/mol. The Hall–Kier alpha value is -1.30. The van der Waals surface area contributed by atoms with Crippen LogP contribution in [-0.4, -0.2) is 59.5 Å². The fourth-order valence-electron chi connectivity index (χ4n) is 3.29. The Labute approximate surface area is 126 Å². The Bertz CT molecular complexity index is 408. The van der Waals surface area contributed by atoms with Gasteiger partial charge in [-0.25, -0.2) is 4.79 Å². The first-order chi connectivity index (χ1) is 10.1. The molecule has 0 unspecified atom stereocenters. The van der Waals surface area contributed by atoms with Crippen molar-refractivity contribution in [3.05, 3.63) is 0 Å². The second kappa shape index (κ2) is 5.83. The summed E-state index contributed by atoms with van der Waals surface area (Å²) in [4.78, 5) is 28.0. The van der Waals surface area contributed by atoms with Gasteiger partial charge in [-0.2, -0.15) is 0 Å². The smallest absolute Gasteiger partial charge is 0.317 e. The molecule has 0 bridgehead atoms. The van der Waals surface area contributed by atoms with Gasteiger partial charge in [0.15, 0.2) is 0 Å². The van der Waals surface area contributed by atoms with Crippen molar-refractivity contribution >= 4 is 11.9 Å². The minimum Gasteiger partial charge on any atom is -0.338 e. The van der Waals surface area contributed by atoms with Crippen molar-refractivity contribution in [1.29, 1.82) is 0 Å². The van der Waals surface area contributed by atoms with E-state index in [0.29, 0.717) is 32.2 Å². The van der Waals surface area contributed by atoms with Crippen LogP contribution in [0.25, 0.3) is 0 Å². The summed E-state index contributed by atoms with van der Waals surface area (Å²) < 4.78 is 0. The van der Waals surface area contributed by atoms with Crippen molar-refractivity contribution in [3.63, 3.8) is 0 Å². The van der Waals surface area contributed by atoms with Gasteiger partial charge in [0.05, 0.1) is 5.54 Å². The van der Waals surface area contributed by atoms with Gasteiger partial charge >= 0.3 is 6.03 Å². The molecule has 2 aliphatic carbocycles. The van der Waals surface area contributed by atoms with E-state index >= 15 is 0 Å². The molecule has 1 saturated heterocycles. The van der Waals surface area contributed by atoms with Crippen LogP contribution in [0.1, 0.15) is 44.9 Å². The fourth-order valence-corrected chi connectivity index (χ4v) is 3.29. The molecule has 6 heteroatoms. The van der Waals surface area contributed by atoms with E-state index in [1.54, 1.807) is 0 Å². The van der Waals surface area contributed by atoms with E-state index in [1.165, 1.54) is 19.3 Å². The van der Waals surface area contributed by atoms with Gasteiger partial charge in [0.1, 0.15) is 0 Å². The fraction of sp³-hybridized carbons (Fsp3) is 0.867. The number of urea groups is 1. The van der Waals surface area contributed by atoms with Crippen molar-refractivity contribution in [3.8, 4) is 0 Å². The third-order valence-electron chi connectivity index (χ3n) is 5.00. The first-order valence-electron chi connectivity index (χ1n) is 8.22. The number of carbonyl (C=O) groups is 2. The maximum Gasteiger partial charge on any atom is 0.317 e. The molecule has 1 aliphatic heterocycles. The molecule has 3 fully saturated rings. The summed E-state index contributed by atoms with van der Waals surface area (Å²) in [6.07, 6.45) is 7.51. The van der Waals surface area contributed by atoms with Gasteiger partial charge in [-0.1, -0.05) is 19.3 Å². The summed E-state index contributed by atoms with van der Waals surface area (Å²) >= 11 is 0. The van der Waals surface area contributed by atoms with Crippen LogP contribution >= 0.6 is 0 Å². The maximum absolute atomic E-state index is 12.2. The lowest BCUT2D eigenvalue weighted by Crippen LogP contribution is -2.57. The highest BCUT2D eigenvalue weighted by atomic mass is 16.2. The van der Waals surface area contributed by atoms with Crippen LogP contribution in [0.3, 0.4) is 0 Å². The molecule has 0 radical (unpaired) electrons. The average molecular weight is 294 g/mol. The van der Waals surface area contributed by atoms with Crippen molar-refractivity contribution in [1.82, 2.24) is 15.1 Å². The Morgan fingerprint density at radius 1 is 0.952 bits per heavy atom. The van der Waals surface area contributed by atoms with Crippen LogP contribution in [-0.2, 0) is 4.79 Å². The van der Waals surface area contributed by atoms with E-state index < -0.39 is 5.54 Å². The Morgan fingerprint density at radius 2 is 1.52 bits per heavy atom. The van der Waals surface area contributed by atoms with Gasteiger partial charge in [-0.05, 0) is 25.7 Å². The highest BCUT2D eigenvalue weighted by molar-refractivity contribution is 5.89. The quantitative estimate of drug-likeness (QED) is 0.785. The number of nitrogens with one attached hydrogen (secondary N) is 1.